The van der Waals surface area contributed by atoms with E-state index in [-0.39, 0.29) is 6.61 Å². The molecule has 3 rings (SSSR count). The Bertz CT molecular complexity index is 810. The fourth-order valence-corrected chi connectivity index (χ4v) is 3.96. The molecule has 172 valence electrons. The lowest BCUT2D eigenvalue weighted by atomic mass is 10.2. The number of benzene rings is 1. The second kappa shape index (κ2) is 11.5. The van der Waals surface area contributed by atoms with E-state index in [4.69, 9.17) is 13.9 Å². The summed E-state index contributed by atoms with van der Waals surface area (Å²) < 4.78 is 17.1. The molecule has 0 radical (unpaired) electrons. The summed E-state index contributed by atoms with van der Waals surface area (Å²) >= 11 is 0. The van der Waals surface area contributed by atoms with Crippen molar-refractivity contribution in [2.45, 2.75) is 32.5 Å². The summed E-state index contributed by atoms with van der Waals surface area (Å²) in [7, 11) is 5.85. The van der Waals surface area contributed by atoms with Gasteiger partial charge in [-0.15, -0.1) is 0 Å². The number of ether oxygens (including phenoxy) is 2. The maximum absolute atomic E-state index is 10.5. The van der Waals surface area contributed by atoms with Gasteiger partial charge in [-0.05, 0) is 70.4 Å². The van der Waals surface area contributed by atoms with Crippen molar-refractivity contribution < 1.29 is 19.0 Å². The van der Waals surface area contributed by atoms with E-state index in [9.17, 15) is 5.11 Å². The molecule has 7 nitrogen and oxygen atoms in total. The molecule has 1 aromatic carbocycles. The Labute approximate surface area is 186 Å². The number of likely N-dealkylation sites (N-methyl/N-ethyl adjacent to an activating group) is 1. The number of methoxy groups -OCH3 is 1. The number of aliphatic hydroxyl groups is 1. The van der Waals surface area contributed by atoms with Gasteiger partial charge in [0.05, 0.1) is 13.7 Å². The van der Waals surface area contributed by atoms with Crippen LogP contribution in [0.5, 0.6) is 11.5 Å². The van der Waals surface area contributed by atoms with Crippen LogP contribution in [0.3, 0.4) is 0 Å². The highest BCUT2D eigenvalue weighted by Gasteiger charge is 2.17. The third-order valence-electron chi connectivity index (χ3n) is 5.61. The van der Waals surface area contributed by atoms with Gasteiger partial charge in [0, 0.05) is 26.2 Å². The zero-order chi connectivity index (χ0) is 22.2. The van der Waals surface area contributed by atoms with Gasteiger partial charge in [-0.1, -0.05) is 6.07 Å². The number of furan rings is 1. The molecule has 0 saturated carbocycles. The predicted molar refractivity (Wildman–Crippen MR) is 122 cm³/mol. The van der Waals surface area contributed by atoms with E-state index in [1.165, 1.54) is 0 Å². The molecule has 1 aliphatic rings. The van der Waals surface area contributed by atoms with Crippen LogP contribution in [0.2, 0.25) is 0 Å². The first-order chi connectivity index (χ1) is 14.9. The van der Waals surface area contributed by atoms with Crippen molar-refractivity contribution in [1.29, 1.82) is 0 Å². The topological polar surface area (TPSA) is 61.6 Å². The standard InChI is InChI=1S/C24H37N3O4/c1-19-6-8-22(31-19)17-26(3)15-20-7-9-23(29-4)24(14-20)30-18-21(28)16-27-11-5-10-25(2)12-13-27/h6-9,14,21,28H,5,10-13,15-18H2,1-4H3. The van der Waals surface area contributed by atoms with Crippen molar-refractivity contribution in [2.24, 2.45) is 0 Å². The minimum absolute atomic E-state index is 0.244. The summed E-state index contributed by atoms with van der Waals surface area (Å²) in [5.74, 6) is 3.22. The van der Waals surface area contributed by atoms with Gasteiger partial charge in [0.2, 0.25) is 0 Å². The van der Waals surface area contributed by atoms with Gasteiger partial charge in [-0.2, -0.15) is 0 Å². The minimum Gasteiger partial charge on any atom is -0.493 e. The quantitative estimate of drug-likeness (QED) is 0.620. The number of rotatable bonds is 10. The molecule has 1 fully saturated rings. The molecule has 31 heavy (non-hydrogen) atoms. The molecule has 0 spiro atoms. The van der Waals surface area contributed by atoms with E-state index >= 15 is 0 Å². The average molecular weight is 432 g/mol. The van der Waals surface area contributed by atoms with Crippen molar-refractivity contribution in [3.8, 4) is 11.5 Å². The molecule has 2 aromatic rings. The van der Waals surface area contributed by atoms with Gasteiger partial charge in [0.1, 0.15) is 24.2 Å². The van der Waals surface area contributed by atoms with E-state index in [0.29, 0.717) is 18.0 Å². The highest BCUT2D eigenvalue weighted by molar-refractivity contribution is 5.43. The summed E-state index contributed by atoms with van der Waals surface area (Å²) in [5, 5.41) is 10.5. The first-order valence-corrected chi connectivity index (χ1v) is 11.1. The Hall–Kier alpha value is -2.06. The zero-order valence-electron chi connectivity index (χ0n) is 19.3. The molecule has 2 heterocycles. The van der Waals surface area contributed by atoms with E-state index in [1.54, 1.807) is 7.11 Å². The molecule has 0 aliphatic carbocycles. The highest BCUT2D eigenvalue weighted by atomic mass is 16.5. The first-order valence-electron chi connectivity index (χ1n) is 11.1. The Balaban J connectivity index is 1.53. The SMILES string of the molecule is COc1ccc(CN(C)Cc2ccc(C)o2)cc1OCC(O)CN1CCCN(C)CC1. The van der Waals surface area contributed by atoms with Crippen molar-refractivity contribution in [3.63, 3.8) is 0 Å². The zero-order valence-corrected chi connectivity index (χ0v) is 19.3. The minimum atomic E-state index is -0.540. The summed E-state index contributed by atoms with van der Waals surface area (Å²) in [4.78, 5) is 6.84. The second-order valence-corrected chi connectivity index (χ2v) is 8.59. The smallest absolute Gasteiger partial charge is 0.161 e. The number of nitrogens with zero attached hydrogens (tertiary/aromatic N) is 3. The van der Waals surface area contributed by atoms with Crippen molar-refractivity contribution in [2.75, 3.05) is 60.5 Å². The third kappa shape index (κ3) is 7.54. The second-order valence-electron chi connectivity index (χ2n) is 8.59. The predicted octanol–water partition coefficient (Wildman–Crippen LogP) is 2.61. The molecule has 1 N–H and O–H groups in total. The number of β-amino-alcohol motifs (C(OH)–C–C–N with tert-alkyl or cyclic N) is 1. The van der Waals surface area contributed by atoms with E-state index in [0.717, 1.165) is 62.8 Å². The maximum atomic E-state index is 10.5. The van der Waals surface area contributed by atoms with Crippen LogP contribution in [-0.4, -0.2) is 86.4 Å². The molecule has 1 aliphatic heterocycles. The molecule has 7 heteroatoms. The molecule has 1 saturated heterocycles. The Morgan fingerprint density at radius 1 is 1.10 bits per heavy atom. The largest absolute Gasteiger partial charge is 0.493 e. The first kappa shape index (κ1) is 23.6. The lowest BCUT2D eigenvalue weighted by molar-refractivity contribution is 0.0685. The van der Waals surface area contributed by atoms with Gasteiger partial charge in [-0.3, -0.25) is 9.80 Å². The molecular weight excluding hydrogens is 394 g/mol. The van der Waals surface area contributed by atoms with Crippen LogP contribution in [0.25, 0.3) is 0 Å². The Morgan fingerprint density at radius 3 is 2.68 bits per heavy atom. The van der Waals surface area contributed by atoms with Gasteiger partial charge >= 0.3 is 0 Å². The van der Waals surface area contributed by atoms with Crippen LogP contribution in [-0.2, 0) is 13.1 Å². The van der Waals surface area contributed by atoms with Crippen LogP contribution in [0.1, 0.15) is 23.5 Å². The summed E-state index contributed by atoms with van der Waals surface area (Å²) in [5.41, 5.74) is 1.12. The molecule has 1 unspecified atom stereocenters. The van der Waals surface area contributed by atoms with E-state index in [2.05, 4.69) is 28.8 Å². The fourth-order valence-electron chi connectivity index (χ4n) is 3.96. The van der Waals surface area contributed by atoms with E-state index < -0.39 is 6.10 Å². The highest BCUT2D eigenvalue weighted by Crippen LogP contribution is 2.29. The number of aliphatic hydroxyl groups excluding tert-OH is 1. The van der Waals surface area contributed by atoms with Gasteiger partial charge in [0.15, 0.2) is 11.5 Å². The van der Waals surface area contributed by atoms with Gasteiger partial charge in [0.25, 0.3) is 0 Å². The van der Waals surface area contributed by atoms with E-state index in [1.807, 2.05) is 37.3 Å². The lowest BCUT2D eigenvalue weighted by Gasteiger charge is -2.24. The van der Waals surface area contributed by atoms with Crippen LogP contribution in [0.15, 0.2) is 34.7 Å². The summed E-state index contributed by atoms with van der Waals surface area (Å²) in [6.07, 6.45) is 0.590. The number of aryl methyl sites for hydroxylation is 1. The monoisotopic (exact) mass is 431 g/mol. The van der Waals surface area contributed by atoms with Crippen LogP contribution >= 0.6 is 0 Å². The van der Waals surface area contributed by atoms with Gasteiger partial charge in [-0.25, -0.2) is 0 Å². The van der Waals surface area contributed by atoms with Crippen molar-refractivity contribution in [3.05, 3.63) is 47.4 Å². The molecule has 0 amide bonds. The maximum Gasteiger partial charge on any atom is 0.161 e. The normalized spacial score (nSPS) is 17.0. The summed E-state index contributed by atoms with van der Waals surface area (Å²) in [6.45, 7) is 8.46. The lowest BCUT2D eigenvalue weighted by Crippen LogP contribution is -2.37. The van der Waals surface area contributed by atoms with Crippen LogP contribution in [0, 0.1) is 6.92 Å². The molecule has 1 atom stereocenters. The average Bonchev–Trinajstić information content (AvgIpc) is 3.03. The van der Waals surface area contributed by atoms with Crippen molar-refractivity contribution >= 4 is 0 Å². The summed E-state index contributed by atoms with van der Waals surface area (Å²) in [6, 6.07) is 9.96. The number of hydrogen-bond acceptors (Lipinski definition) is 7. The van der Waals surface area contributed by atoms with Crippen LogP contribution in [0.4, 0.5) is 0 Å². The van der Waals surface area contributed by atoms with Gasteiger partial charge < -0.3 is 23.9 Å². The van der Waals surface area contributed by atoms with Crippen LogP contribution < -0.4 is 9.47 Å². The Morgan fingerprint density at radius 2 is 1.94 bits per heavy atom. The molecular formula is C24H37N3O4. The third-order valence-corrected chi connectivity index (χ3v) is 5.61. The fraction of sp³-hybridized carbons (Fsp3) is 0.583. The Kier molecular flexibility index (Phi) is 8.78. The molecule has 1 aromatic heterocycles. The number of hydrogen-bond donors (Lipinski definition) is 1. The van der Waals surface area contributed by atoms with Crippen molar-refractivity contribution in [1.82, 2.24) is 14.7 Å². The molecule has 0 bridgehead atoms.